The Hall–Kier alpha value is -3.39. The number of carboxylic acid groups (broad SMARTS) is 1. The predicted molar refractivity (Wildman–Crippen MR) is 128 cm³/mol. The Balaban J connectivity index is 1.05. The number of carbonyl (C=O) groups is 3. The SMILES string of the molecule is O=C(NCC1CCC(CC(=O)N2CC(O)(C(=O)O)C2)C1)OCC1c2ccccc2-c2ccccc21. The van der Waals surface area contributed by atoms with Gasteiger partial charge in [0.05, 0.1) is 13.1 Å². The largest absolute Gasteiger partial charge is 0.479 e. The van der Waals surface area contributed by atoms with Crippen molar-refractivity contribution in [2.24, 2.45) is 11.8 Å². The van der Waals surface area contributed by atoms with Gasteiger partial charge in [-0.05, 0) is 53.4 Å². The van der Waals surface area contributed by atoms with Crippen LogP contribution in [0.1, 0.15) is 42.7 Å². The van der Waals surface area contributed by atoms with E-state index in [2.05, 4.69) is 29.6 Å². The van der Waals surface area contributed by atoms with Gasteiger partial charge in [-0.1, -0.05) is 48.5 Å². The van der Waals surface area contributed by atoms with Crippen molar-refractivity contribution in [2.45, 2.75) is 37.2 Å². The average Bonchev–Trinajstić information content (AvgIpc) is 3.41. The number of benzene rings is 2. The molecule has 184 valence electrons. The molecule has 2 unspecified atom stereocenters. The van der Waals surface area contributed by atoms with Gasteiger partial charge in [0, 0.05) is 18.9 Å². The van der Waals surface area contributed by atoms with Crippen LogP contribution < -0.4 is 5.32 Å². The molecule has 0 bridgehead atoms. The number of aliphatic hydroxyl groups is 1. The van der Waals surface area contributed by atoms with Gasteiger partial charge in [0.15, 0.2) is 5.60 Å². The minimum Gasteiger partial charge on any atom is -0.479 e. The number of β-amino-alcohol motifs (C(OH)–C–C–N with tert-alkyl or cyclic N) is 1. The molecule has 1 saturated carbocycles. The van der Waals surface area contributed by atoms with E-state index in [9.17, 15) is 19.5 Å². The Bertz CT molecular complexity index is 1100. The van der Waals surface area contributed by atoms with Gasteiger partial charge in [-0.3, -0.25) is 4.79 Å². The Morgan fingerprint density at radius 3 is 2.20 bits per heavy atom. The van der Waals surface area contributed by atoms with Crippen molar-refractivity contribution in [1.29, 1.82) is 0 Å². The third kappa shape index (κ3) is 4.62. The van der Waals surface area contributed by atoms with Gasteiger partial charge in [-0.15, -0.1) is 0 Å². The second-order valence-electron chi connectivity index (χ2n) is 10.0. The molecule has 8 heteroatoms. The Labute approximate surface area is 203 Å². The lowest BCUT2D eigenvalue weighted by molar-refractivity contribution is -0.182. The van der Waals surface area contributed by atoms with E-state index in [1.165, 1.54) is 27.2 Å². The van der Waals surface area contributed by atoms with E-state index in [1.54, 1.807) is 0 Å². The first kappa shape index (κ1) is 23.4. The first-order chi connectivity index (χ1) is 16.8. The first-order valence-corrected chi connectivity index (χ1v) is 12.2. The van der Waals surface area contributed by atoms with Gasteiger partial charge in [-0.25, -0.2) is 9.59 Å². The summed E-state index contributed by atoms with van der Waals surface area (Å²) >= 11 is 0. The minimum atomic E-state index is -1.80. The van der Waals surface area contributed by atoms with Crippen LogP contribution in [-0.2, 0) is 14.3 Å². The maximum Gasteiger partial charge on any atom is 0.407 e. The lowest BCUT2D eigenvalue weighted by atomic mass is 9.92. The fourth-order valence-electron chi connectivity index (χ4n) is 5.70. The molecule has 0 aromatic heterocycles. The van der Waals surface area contributed by atoms with Crippen LogP contribution in [0.4, 0.5) is 4.79 Å². The molecule has 2 aromatic rings. The van der Waals surface area contributed by atoms with Crippen molar-refractivity contribution in [2.75, 3.05) is 26.2 Å². The average molecular weight is 479 g/mol. The number of hydrogen-bond acceptors (Lipinski definition) is 5. The molecule has 3 N–H and O–H groups in total. The van der Waals surface area contributed by atoms with E-state index in [-0.39, 0.29) is 43.4 Å². The molecule has 1 saturated heterocycles. The molecule has 2 amide bonds. The number of amides is 2. The maximum absolute atomic E-state index is 12.4. The summed E-state index contributed by atoms with van der Waals surface area (Å²) in [5, 5.41) is 21.6. The fourth-order valence-corrected chi connectivity index (χ4v) is 5.70. The van der Waals surface area contributed by atoms with Gasteiger partial charge in [0.25, 0.3) is 0 Å². The molecule has 0 radical (unpaired) electrons. The number of ether oxygens (including phenoxy) is 1. The second kappa shape index (κ2) is 9.34. The van der Waals surface area contributed by atoms with E-state index in [0.717, 1.165) is 19.3 Å². The van der Waals surface area contributed by atoms with E-state index >= 15 is 0 Å². The zero-order chi connectivity index (χ0) is 24.6. The highest BCUT2D eigenvalue weighted by Gasteiger charge is 2.50. The summed E-state index contributed by atoms with van der Waals surface area (Å²) in [7, 11) is 0. The Morgan fingerprint density at radius 2 is 1.57 bits per heavy atom. The number of alkyl carbamates (subject to hydrolysis) is 1. The molecule has 2 aromatic carbocycles. The third-order valence-corrected chi connectivity index (χ3v) is 7.65. The van der Waals surface area contributed by atoms with Crippen LogP contribution in [0.3, 0.4) is 0 Å². The number of hydrogen-bond donors (Lipinski definition) is 3. The molecule has 5 rings (SSSR count). The summed E-state index contributed by atoms with van der Waals surface area (Å²) in [6.45, 7) is 0.478. The first-order valence-electron chi connectivity index (χ1n) is 12.2. The molecule has 0 spiro atoms. The molecule has 2 fully saturated rings. The number of aliphatic carboxylic acids is 1. The summed E-state index contributed by atoms with van der Waals surface area (Å²) in [6, 6.07) is 16.4. The number of likely N-dealkylation sites (tertiary alicyclic amines) is 1. The summed E-state index contributed by atoms with van der Waals surface area (Å²) in [4.78, 5) is 37.2. The van der Waals surface area contributed by atoms with Crippen molar-refractivity contribution in [3.63, 3.8) is 0 Å². The predicted octanol–water partition coefficient (Wildman–Crippen LogP) is 2.99. The van der Waals surface area contributed by atoms with Gasteiger partial charge >= 0.3 is 12.1 Å². The molecule has 1 heterocycles. The number of nitrogens with one attached hydrogen (secondary N) is 1. The van der Waals surface area contributed by atoms with Crippen molar-refractivity contribution < 1.29 is 29.3 Å². The molecule has 8 nitrogen and oxygen atoms in total. The summed E-state index contributed by atoms with van der Waals surface area (Å²) < 4.78 is 5.60. The van der Waals surface area contributed by atoms with E-state index in [0.29, 0.717) is 13.0 Å². The number of carbonyl (C=O) groups excluding carboxylic acids is 2. The quantitative estimate of drug-likeness (QED) is 0.563. The zero-order valence-electron chi connectivity index (χ0n) is 19.5. The standard InChI is InChI=1S/C27H30N2O6/c30-24(29-15-27(34,16-29)25(31)32)12-17-9-10-18(11-17)13-28-26(33)35-14-23-21-7-3-1-5-19(21)20-6-2-4-8-22(20)23/h1-8,17-18,23,34H,9-16H2,(H,28,33)(H,31,32). The van der Waals surface area contributed by atoms with Crippen LogP contribution in [0, 0.1) is 11.8 Å². The van der Waals surface area contributed by atoms with E-state index < -0.39 is 17.7 Å². The topological polar surface area (TPSA) is 116 Å². The van der Waals surface area contributed by atoms with Crippen LogP contribution in [0.5, 0.6) is 0 Å². The van der Waals surface area contributed by atoms with Crippen molar-refractivity contribution in [3.8, 4) is 11.1 Å². The molecule has 2 atom stereocenters. The minimum absolute atomic E-state index is 0.0234. The summed E-state index contributed by atoms with van der Waals surface area (Å²) in [5.41, 5.74) is 2.92. The van der Waals surface area contributed by atoms with E-state index in [1.807, 2.05) is 24.3 Å². The summed E-state index contributed by atoms with van der Waals surface area (Å²) in [6.07, 6.45) is 2.55. The highest BCUT2D eigenvalue weighted by molar-refractivity contribution is 5.85. The van der Waals surface area contributed by atoms with Crippen molar-refractivity contribution >= 4 is 18.0 Å². The van der Waals surface area contributed by atoms with Crippen LogP contribution >= 0.6 is 0 Å². The number of carboxylic acids is 1. The normalized spacial score (nSPS) is 22.1. The molecular weight excluding hydrogens is 448 g/mol. The second-order valence-corrected chi connectivity index (χ2v) is 10.0. The third-order valence-electron chi connectivity index (χ3n) is 7.65. The highest BCUT2D eigenvalue weighted by Crippen LogP contribution is 2.44. The smallest absolute Gasteiger partial charge is 0.407 e. The number of nitrogens with zero attached hydrogens (tertiary/aromatic N) is 1. The number of rotatable bonds is 7. The van der Waals surface area contributed by atoms with Gasteiger partial charge in [-0.2, -0.15) is 0 Å². The molecule has 2 aliphatic carbocycles. The van der Waals surface area contributed by atoms with Gasteiger partial charge in [0.2, 0.25) is 5.91 Å². The lowest BCUT2D eigenvalue weighted by Gasteiger charge is -2.43. The molecule has 1 aliphatic heterocycles. The zero-order valence-corrected chi connectivity index (χ0v) is 19.5. The van der Waals surface area contributed by atoms with Crippen LogP contribution in [0.25, 0.3) is 11.1 Å². The summed E-state index contributed by atoms with van der Waals surface area (Å²) in [5.74, 6) is -0.904. The molecule has 3 aliphatic rings. The Morgan fingerprint density at radius 1 is 0.971 bits per heavy atom. The molecule has 35 heavy (non-hydrogen) atoms. The van der Waals surface area contributed by atoms with Crippen LogP contribution in [0.2, 0.25) is 0 Å². The highest BCUT2D eigenvalue weighted by atomic mass is 16.5. The van der Waals surface area contributed by atoms with Crippen molar-refractivity contribution in [3.05, 3.63) is 59.7 Å². The van der Waals surface area contributed by atoms with Crippen LogP contribution in [-0.4, -0.2) is 64.9 Å². The maximum atomic E-state index is 12.4. The molecular formula is C27H30N2O6. The van der Waals surface area contributed by atoms with Crippen LogP contribution in [0.15, 0.2) is 48.5 Å². The fraction of sp³-hybridized carbons (Fsp3) is 0.444. The van der Waals surface area contributed by atoms with Gasteiger partial charge in [0.1, 0.15) is 6.61 Å². The van der Waals surface area contributed by atoms with Crippen molar-refractivity contribution in [1.82, 2.24) is 10.2 Å². The van der Waals surface area contributed by atoms with E-state index in [4.69, 9.17) is 9.84 Å². The lowest BCUT2D eigenvalue weighted by Crippen LogP contribution is -2.67. The number of fused-ring (bicyclic) bond motifs is 3. The van der Waals surface area contributed by atoms with Gasteiger partial charge < -0.3 is 25.2 Å². The monoisotopic (exact) mass is 478 g/mol. The Kier molecular flexibility index (Phi) is 6.23.